The number of nitrogens with one attached hydrogen (secondary N) is 2. The van der Waals surface area contributed by atoms with Crippen LogP contribution in [0.2, 0.25) is 0 Å². The van der Waals surface area contributed by atoms with Crippen molar-refractivity contribution in [1.82, 2.24) is 15.1 Å². The Labute approximate surface area is 162 Å². The normalized spacial score (nSPS) is 10.2. The number of rotatable bonds is 10. The number of amides is 2. The number of methoxy groups -OCH3 is 3. The number of anilines is 1. The zero-order chi connectivity index (χ0) is 20.5. The minimum Gasteiger partial charge on any atom is -0.493 e. The smallest absolute Gasteiger partial charge is 0.320 e. The largest absolute Gasteiger partial charge is 0.493 e. The second kappa shape index (κ2) is 10.0. The summed E-state index contributed by atoms with van der Waals surface area (Å²) in [5, 5.41) is 18.1. The molecule has 1 aromatic carbocycles. The molecule has 2 rings (SSSR count). The molecule has 0 unspecified atom stereocenters. The number of hydrogen-bond donors (Lipinski definition) is 3. The van der Waals surface area contributed by atoms with Gasteiger partial charge in [0.25, 0.3) is 0 Å². The number of nitrogens with zero attached hydrogens (tertiary/aromatic N) is 2. The maximum absolute atomic E-state index is 12.0. The van der Waals surface area contributed by atoms with E-state index >= 15 is 0 Å². The number of urea groups is 1. The minimum absolute atomic E-state index is 0.00267. The van der Waals surface area contributed by atoms with Gasteiger partial charge in [-0.2, -0.15) is 5.10 Å². The zero-order valence-corrected chi connectivity index (χ0v) is 16.0. The molecule has 0 atom stereocenters. The zero-order valence-electron chi connectivity index (χ0n) is 16.0. The Hall–Kier alpha value is -3.43. The highest BCUT2D eigenvalue weighted by atomic mass is 16.5. The number of carboxylic acid groups (broad SMARTS) is 1. The maximum Gasteiger partial charge on any atom is 0.320 e. The lowest BCUT2D eigenvalue weighted by Gasteiger charge is -2.16. The number of carbonyl (C=O) groups is 2. The fourth-order valence-corrected chi connectivity index (χ4v) is 2.62. The first-order valence-corrected chi connectivity index (χ1v) is 8.56. The van der Waals surface area contributed by atoms with Crippen molar-refractivity contribution in [1.29, 1.82) is 0 Å². The number of benzene rings is 1. The van der Waals surface area contributed by atoms with Gasteiger partial charge < -0.3 is 24.6 Å². The topological polar surface area (TPSA) is 124 Å². The number of ether oxygens (including phenoxy) is 3. The van der Waals surface area contributed by atoms with Crippen molar-refractivity contribution >= 4 is 17.8 Å². The lowest BCUT2D eigenvalue weighted by Crippen LogP contribution is -2.30. The number of hydrogen-bond acceptors (Lipinski definition) is 6. The van der Waals surface area contributed by atoms with Gasteiger partial charge in [-0.25, -0.2) is 9.48 Å². The molecule has 10 nitrogen and oxygen atoms in total. The van der Waals surface area contributed by atoms with Gasteiger partial charge in [-0.1, -0.05) is 0 Å². The van der Waals surface area contributed by atoms with E-state index in [1.54, 1.807) is 30.1 Å². The predicted molar refractivity (Wildman–Crippen MR) is 101 cm³/mol. The van der Waals surface area contributed by atoms with E-state index in [1.165, 1.54) is 14.2 Å². The molecular weight excluding hydrogens is 368 g/mol. The van der Waals surface area contributed by atoms with Crippen LogP contribution in [-0.2, 0) is 11.3 Å². The van der Waals surface area contributed by atoms with Crippen LogP contribution in [0.25, 0.3) is 0 Å². The predicted octanol–water partition coefficient (Wildman–Crippen LogP) is 1.94. The van der Waals surface area contributed by atoms with Crippen molar-refractivity contribution in [2.24, 2.45) is 0 Å². The van der Waals surface area contributed by atoms with E-state index in [4.69, 9.17) is 19.3 Å². The van der Waals surface area contributed by atoms with Gasteiger partial charge in [0, 0.05) is 24.6 Å². The third kappa shape index (κ3) is 5.29. The molecule has 1 aromatic heterocycles. The van der Waals surface area contributed by atoms with Crippen LogP contribution in [0.5, 0.6) is 17.2 Å². The maximum atomic E-state index is 12.0. The molecule has 2 amide bonds. The quantitative estimate of drug-likeness (QED) is 0.528. The third-order valence-electron chi connectivity index (χ3n) is 3.92. The van der Waals surface area contributed by atoms with Crippen molar-refractivity contribution in [2.45, 2.75) is 19.4 Å². The van der Waals surface area contributed by atoms with E-state index in [0.29, 0.717) is 36.0 Å². The number of carboxylic acids is 1. The fraction of sp³-hybridized carbons (Fsp3) is 0.389. The molecule has 0 aliphatic rings. The molecule has 10 heteroatoms. The Bertz CT molecular complexity index is 820. The van der Waals surface area contributed by atoms with Crippen LogP contribution in [0, 0.1) is 0 Å². The first kappa shape index (κ1) is 20.9. The molecular formula is C18H24N4O6. The third-order valence-corrected chi connectivity index (χ3v) is 3.92. The molecule has 0 spiro atoms. The van der Waals surface area contributed by atoms with Gasteiger partial charge in [0.15, 0.2) is 11.5 Å². The van der Waals surface area contributed by atoms with Crippen LogP contribution in [0.4, 0.5) is 10.6 Å². The van der Waals surface area contributed by atoms with Crippen LogP contribution >= 0.6 is 0 Å². The van der Waals surface area contributed by atoms with Crippen LogP contribution in [0.15, 0.2) is 24.4 Å². The van der Waals surface area contributed by atoms with Crippen LogP contribution in [0.3, 0.4) is 0 Å². The molecule has 0 radical (unpaired) electrons. The summed E-state index contributed by atoms with van der Waals surface area (Å²) in [6, 6.07) is 4.82. The van der Waals surface area contributed by atoms with E-state index in [0.717, 1.165) is 5.56 Å². The Balaban J connectivity index is 2.08. The summed E-state index contributed by atoms with van der Waals surface area (Å²) in [5.41, 5.74) is 0.786. The van der Waals surface area contributed by atoms with Gasteiger partial charge >= 0.3 is 12.0 Å². The SMILES string of the molecule is COc1ccc(Cn2nccc2NC(=O)NCCCC(=O)O)c(OC)c1OC. The monoisotopic (exact) mass is 392 g/mol. The van der Waals surface area contributed by atoms with Crippen LogP contribution in [-0.4, -0.2) is 54.8 Å². The molecule has 0 aliphatic carbocycles. The highest BCUT2D eigenvalue weighted by Crippen LogP contribution is 2.40. The van der Waals surface area contributed by atoms with E-state index in [-0.39, 0.29) is 13.0 Å². The summed E-state index contributed by atoms with van der Waals surface area (Å²) in [6.45, 7) is 0.584. The molecule has 0 aliphatic heterocycles. The molecule has 3 N–H and O–H groups in total. The second-order valence-electron chi connectivity index (χ2n) is 5.75. The van der Waals surface area contributed by atoms with Crippen molar-refractivity contribution < 1.29 is 28.9 Å². The van der Waals surface area contributed by atoms with Crippen molar-refractivity contribution in [3.8, 4) is 17.2 Å². The van der Waals surface area contributed by atoms with Gasteiger partial charge in [0.1, 0.15) is 5.82 Å². The van der Waals surface area contributed by atoms with Gasteiger partial charge in [-0.3, -0.25) is 10.1 Å². The average Bonchev–Trinajstić information content (AvgIpc) is 3.11. The molecule has 0 saturated carbocycles. The van der Waals surface area contributed by atoms with Crippen molar-refractivity contribution in [3.63, 3.8) is 0 Å². The number of carbonyl (C=O) groups excluding carboxylic acids is 1. The summed E-state index contributed by atoms with van der Waals surface area (Å²) >= 11 is 0. The lowest BCUT2D eigenvalue weighted by molar-refractivity contribution is -0.137. The summed E-state index contributed by atoms with van der Waals surface area (Å²) in [4.78, 5) is 22.5. The molecule has 2 aromatic rings. The number of aromatic nitrogens is 2. The molecule has 0 bridgehead atoms. The first-order valence-electron chi connectivity index (χ1n) is 8.56. The van der Waals surface area contributed by atoms with Crippen LogP contribution < -0.4 is 24.8 Å². The summed E-state index contributed by atoms with van der Waals surface area (Å²) in [6.07, 6.45) is 1.91. The summed E-state index contributed by atoms with van der Waals surface area (Å²) < 4.78 is 17.7. The lowest BCUT2D eigenvalue weighted by atomic mass is 10.1. The first-order chi connectivity index (χ1) is 13.5. The molecule has 0 fully saturated rings. The average molecular weight is 392 g/mol. The second-order valence-corrected chi connectivity index (χ2v) is 5.75. The van der Waals surface area contributed by atoms with Gasteiger partial charge in [0.05, 0.1) is 34.1 Å². The summed E-state index contributed by atoms with van der Waals surface area (Å²) in [7, 11) is 4.61. The standard InChI is InChI=1S/C18H24N4O6/c1-26-13-7-6-12(16(27-2)17(13)28-3)11-22-14(8-10-20-22)21-18(25)19-9-4-5-15(23)24/h6-8,10H,4-5,9,11H2,1-3H3,(H,23,24)(H2,19,21,25). The van der Waals surface area contributed by atoms with Gasteiger partial charge in [-0.05, 0) is 18.6 Å². The van der Waals surface area contributed by atoms with Gasteiger partial charge in [-0.15, -0.1) is 0 Å². The molecule has 28 heavy (non-hydrogen) atoms. The highest BCUT2D eigenvalue weighted by Gasteiger charge is 2.17. The molecule has 0 saturated heterocycles. The fourth-order valence-electron chi connectivity index (χ4n) is 2.62. The Morgan fingerprint density at radius 1 is 1.11 bits per heavy atom. The number of aliphatic carboxylic acids is 1. The van der Waals surface area contributed by atoms with Crippen molar-refractivity contribution in [2.75, 3.05) is 33.2 Å². The van der Waals surface area contributed by atoms with E-state index in [2.05, 4.69) is 15.7 Å². The van der Waals surface area contributed by atoms with Crippen molar-refractivity contribution in [3.05, 3.63) is 30.0 Å². The van der Waals surface area contributed by atoms with Gasteiger partial charge in [0.2, 0.25) is 5.75 Å². The Morgan fingerprint density at radius 2 is 1.86 bits per heavy atom. The Morgan fingerprint density at radius 3 is 2.50 bits per heavy atom. The highest BCUT2D eigenvalue weighted by molar-refractivity contribution is 5.88. The molecule has 152 valence electrons. The van der Waals surface area contributed by atoms with Crippen LogP contribution in [0.1, 0.15) is 18.4 Å². The van der Waals surface area contributed by atoms with E-state index in [1.807, 2.05) is 6.07 Å². The molecule has 1 heterocycles. The van der Waals surface area contributed by atoms with E-state index < -0.39 is 12.0 Å². The Kier molecular flexibility index (Phi) is 7.49. The summed E-state index contributed by atoms with van der Waals surface area (Å²) in [5.74, 6) is 1.11. The minimum atomic E-state index is -0.899. The van der Waals surface area contributed by atoms with E-state index in [9.17, 15) is 9.59 Å².